The highest BCUT2D eigenvalue weighted by Gasteiger charge is 2.23. The molecule has 1 aliphatic rings. The van der Waals surface area contributed by atoms with Gasteiger partial charge in [0.15, 0.2) is 5.82 Å². The Morgan fingerprint density at radius 2 is 1.11 bits per heavy atom. The largest absolute Gasteiger partial charge is 0.456 e. The maximum absolute atomic E-state index is 6.16. The fraction of sp³-hybridized carbons (Fsp3) is 0. The summed E-state index contributed by atoms with van der Waals surface area (Å²) in [6.07, 6.45) is 0. The Hall–Kier alpha value is -4.76. The second kappa shape index (κ2) is 6.87. The van der Waals surface area contributed by atoms with Crippen LogP contribution in [0.3, 0.4) is 0 Å². The smallest absolute Gasteiger partial charge is 0.160 e. The minimum Gasteiger partial charge on any atom is -0.456 e. The number of rotatable bonds is 1. The first-order valence-electron chi connectivity index (χ1n) is 11.8. The van der Waals surface area contributed by atoms with Gasteiger partial charge in [0.25, 0.3) is 0 Å². The highest BCUT2D eigenvalue weighted by molar-refractivity contribution is 6.25. The lowest BCUT2D eigenvalue weighted by molar-refractivity contribution is 0.486. The fourth-order valence-corrected chi connectivity index (χ4v) is 5.48. The van der Waals surface area contributed by atoms with Crippen LogP contribution in [0, 0.1) is 0 Å². The van der Waals surface area contributed by atoms with Crippen molar-refractivity contribution in [3.8, 4) is 34.1 Å². The van der Waals surface area contributed by atoms with Crippen LogP contribution in [0.5, 0.6) is 11.5 Å². The van der Waals surface area contributed by atoms with E-state index in [4.69, 9.17) is 14.7 Å². The van der Waals surface area contributed by atoms with Gasteiger partial charge < -0.3 is 4.74 Å². The normalized spacial score (nSPS) is 12.2. The molecule has 0 atom stereocenters. The SMILES string of the molecule is c1ccc2c(c1)Oc1cccc3nc(-c4ccc5c6ccccc6c6ccccc6c5c4)nc-2c13. The molecule has 6 aromatic carbocycles. The molecule has 0 spiro atoms. The van der Waals surface area contributed by atoms with Crippen LogP contribution < -0.4 is 4.74 Å². The third-order valence-electron chi connectivity index (χ3n) is 7.05. The molecule has 8 rings (SSSR count). The summed E-state index contributed by atoms with van der Waals surface area (Å²) < 4.78 is 6.16. The Labute approximate surface area is 201 Å². The molecule has 2 heterocycles. The Morgan fingerprint density at radius 3 is 1.89 bits per heavy atom. The van der Waals surface area contributed by atoms with Gasteiger partial charge in [0.05, 0.1) is 16.6 Å². The Bertz CT molecular complexity index is 1960. The van der Waals surface area contributed by atoms with Crippen LogP contribution in [0.15, 0.2) is 109 Å². The maximum Gasteiger partial charge on any atom is 0.160 e. The van der Waals surface area contributed by atoms with Crippen molar-refractivity contribution in [2.75, 3.05) is 0 Å². The molecule has 0 N–H and O–H groups in total. The van der Waals surface area contributed by atoms with Crippen molar-refractivity contribution in [2.24, 2.45) is 0 Å². The van der Waals surface area contributed by atoms with Gasteiger partial charge in [-0.25, -0.2) is 9.97 Å². The highest BCUT2D eigenvalue weighted by Crippen LogP contribution is 2.45. The third kappa shape index (κ3) is 2.61. The van der Waals surface area contributed by atoms with Crippen molar-refractivity contribution in [1.29, 1.82) is 0 Å². The summed E-state index contributed by atoms with van der Waals surface area (Å²) in [5, 5.41) is 8.46. The van der Waals surface area contributed by atoms with E-state index in [0.29, 0.717) is 0 Å². The fourth-order valence-electron chi connectivity index (χ4n) is 5.48. The van der Waals surface area contributed by atoms with Crippen LogP contribution in [-0.4, -0.2) is 9.97 Å². The lowest BCUT2D eigenvalue weighted by Crippen LogP contribution is -2.02. The molecule has 1 aliphatic heterocycles. The number of para-hydroxylation sites is 1. The average Bonchev–Trinajstić information content (AvgIpc) is 2.93. The minimum atomic E-state index is 0.723. The lowest BCUT2D eigenvalue weighted by atomic mass is 9.93. The summed E-state index contributed by atoms with van der Waals surface area (Å²) in [6, 6.07) is 38.0. The summed E-state index contributed by atoms with van der Waals surface area (Å²) in [5.41, 5.74) is 3.81. The van der Waals surface area contributed by atoms with E-state index in [0.717, 1.165) is 45.0 Å². The first-order valence-corrected chi connectivity index (χ1v) is 11.8. The zero-order valence-electron chi connectivity index (χ0n) is 18.7. The topological polar surface area (TPSA) is 35.0 Å². The Morgan fingerprint density at radius 1 is 0.486 bits per heavy atom. The molecule has 0 bridgehead atoms. The molecule has 0 saturated heterocycles. The molecule has 0 fully saturated rings. The van der Waals surface area contributed by atoms with Crippen molar-refractivity contribution in [1.82, 2.24) is 9.97 Å². The standard InChI is InChI=1S/C32H18N2O/c1-2-10-22-20(8-1)21-9-3-4-11-23(21)26-18-19(16-17-24(22)26)32-33-27-13-7-15-29-30(27)31(34-32)25-12-5-6-14-28(25)35-29/h1-18H. The van der Waals surface area contributed by atoms with E-state index >= 15 is 0 Å². The van der Waals surface area contributed by atoms with E-state index in [-0.39, 0.29) is 0 Å². The number of nitrogens with zero attached hydrogens (tertiary/aromatic N) is 2. The molecule has 3 nitrogen and oxygen atoms in total. The molecule has 0 radical (unpaired) electrons. The summed E-state index contributed by atoms with van der Waals surface area (Å²) in [4.78, 5) is 10.1. The van der Waals surface area contributed by atoms with Gasteiger partial charge in [0.2, 0.25) is 0 Å². The predicted molar refractivity (Wildman–Crippen MR) is 143 cm³/mol. The molecule has 3 heteroatoms. The van der Waals surface area contributed by atoms with E-state index in [1.807, 2.05) is 36.4 Å². The van der Waals surface area contributed by atoms with E-state index in [2.05, 4.69) is 72.8 Å². The van der Waals surface area contributed by atoms with Crippen molar-refractivity contribution in [2.45, 2.75) is 0 Å². The second-order valence-corrected chi connectivity index (χ2v) is 9.00. The zero-order chi connectivity index (χ0) is 22.9. The molecule has 162 valence electrons. The van der Waals surface area contributed by atoms with Crippen molar-refractivity contribution in [3.63, 3.8) is 0 Å². The summed E-state index contributed by atoms with van der Waals surface area (Å²) in [7, 11) is 0. The predicted octanol–water partition coefficient (Wildman–Crippen LogP) is 8.53. The van der Waals surface area contributed by atoms with E-state index in [1.54, 1.807) is 0 Å². The van der Waals surface area contributed by atoms with Crippen LogP contribution in [0.4, 0.5) is 0 Å². The van der Waals surface area contributed by atoms with Crippen LogP contribution in [-0.2, 0) is 0 Å². The van der Waals surface area contributed by atoms with E-state index < -0.39 is 0 Å². The van der Waals surface area contributed by atoms with Gasteiger partial charge in [-0.05, 0) is 62.6 Å². The Kier molecular flexibility index (Phi) is 3.66. The summed E-state index contributed by atoms with van der Waals surface area (Å²) >= 11 is 0. The van der Waals surface area contributed by atoms with Gasteiger partial charge in [-0.1, -0.05) is 78.9 Å². The highest BCUT2D eigenvalue weighted by atomic mass is 16.5. The monoisotopic (exact) mass is 446 g/mol. The summed E-state index contributed by atoms with van der Waals surface area (Å²) in [6.45, 7) is 0. The average molecular weight is 447 g/mol. The van der Waals surface area contributed by atoms with Crippen molar-refractivity contribution < 1.29 is 4.74 Å². The van der Waals surface area contributed by atoms with Crippen LogP contribution in [0.1, 0.15) is 0 Å². The van der Waals surface area contributed by atoms with Crippen LogP contribution in [0.25, 0.3) is 65.9 Å². The molecule has 35 heavy (non-hydrogen) atoms. The zero-order valence-corrected chi connectivity index (χ0v) is 18.7. The van der Waals surface area contributed by atoms with Crippen molar-refractivity contribution >= 4 is 43.2 Å². The minimum absolute atomic E-state index is 0.723. The van der Waals surface area contributed by atoms with Gasteiger partial charge >= 0.3 is 0 Å². The van der Waals surface area contributed by atoms with E-state index in [9.17, 15) is 0 Å². The van der Waals surface area contributed by atoms with Gasteiger partial charge in [0, 0.05) is 11.1 Å². The van der Waals surface area contributed by atoms with Crippen molar-refractivity contribution in [3.05, 3.63) is 109 Å². The van der Waals surface area contributed by atoms with E-state index in [1.165, 1.54) is 32.3 Å². The second-order valence-electron chi connectivity index (χ2n) is 9.00. The molecule has 7 aromatic rings. The third-order valence-corrected chi connectivity index (χ3v) is 7.05. The Balaban J connectivity index is 1.45. The molecular formula is C32H18N2O. The number of ether oxygens (including phenoxy) is 1. The number of fused-ring (bicyclic) bond motifs is 8. The van der Waals surface area contributed by atoms with Crippen LogP contribution in [0.2, 0.25) is 0 Å². The molecule has 1 aromatic heterocycles. The van der Waals surface area contributed by atoms with Gasteiger partial charge in [-0.3, -0.25) is 0 Å². The number of hydrogen-bond donors (Lipinski definition) is 0. The molecule has 0 unspecified atom stereocenters. The first-order chi connectivity index (χ1) is 17.3. The molecule has 0 saturated carbocycles. The number of hydrogen-bond acceptors (Lipinski definition) is 3. The first kappa shape index (κ1) is 18.6. The van der Waals surface area contributed by atoms with Crippen LogP contribution >= 0.6 is 0 Å². The molecular weight excluding hydrogens is 428 g/mol. The van der Waals surface area contributed by atoms with Gasteiger partial charge in [0.1, 0.15) is 11.5 Å². The van der Waals surface area contributed by atoms with Gasteiger partial charge in [-0.15, -0.1) is 0 Å². The molecule has 0 aliphatic carbocycles. The number of benzene rings is 6. The number of aromatic nitrogens is 2. The van der Waals surface area contributed by atoms with Gasteiger partial charge in [-0.2, -0.15) is 0 Å². The summed E-state index contributed by atoms with van der Waals surface area (Å²) in [5.74, 6) is 2.35. The lowest BCUT2D eigenvalue weighted by Gasteiger charge is -2.20. The maximum atomic E-state index is 6.16. The quantitative estimate of drug-likeness (QED) is 0.237. The molecule has 0 amide bonds.